The summed E-state index contributed by atoms with van der Waals surface area (Å²) in [7, 11) is 1.91. The van der Waals surface area contributed by atoms with Crippen molar-refractivity contribution in [1.82, 2.24) is 9.88 Å². The predicted molar refractivity (Wildman–Crippen MR) is 128 cm³/mol. The van der Waals surface area contributed by atoms with Gasteiger partial charge in [0.05, 0.1) is 17.5 Å². The number of carbonyl (C=O) groups excluding carboxylic acids is 3. The lowest BCUT2D eigenvalue weighted by Crippen LogP contribution is -2.45. The van der Waals surface area contributed by atoms with Crippen molar-refractivity contribution >= 4 is 28.6 Å². The first-order valence-electron chi connectivity index (χ1n) is 11.1. The summed E-state index contributed by atoms with van der Waals surface area (Å²) >= 11 is 0. The fourth-order valence-corrected chi connectivity index (χ4v) is 4.03. The topological polar surface area (TPSA) is 90.5 Å². The zero-order valence-corrected chi connectivity index (χ0v) is 19.3. The van der Waals surface area contributed by atoms with Crippen LogP contribution < -0.4 is 5.32 Å². The lowest BCUT2D eigenvalue weighted by Gasteiger charge is -2.20. The highest BCUT2D eigenvalue weighted by atomic mass is 16.5. The largest absolute Gasteiger partial charge is 0.459 e. The van der Waals surface area contributed by atoms with E-state index in [1.165, 1.54) is 12.3 Å². The summed E-state index contributed by atoms with van der Waals surface area (Å²) in [5.74, 6) is -1.67. The predicted octanol–water partition coefficient (Wildman–Crippen LogP) is 4.62. The molecule has 0 aliphatic carbocycles. The number of amides is 1. The van der Waals surface area contributed by atoms with Crippen molar-refractivity contribution in [3.05, 3.63) is 84.3 Å². The van der Waals surface area contributed by atoms with Crippen molar-refractivity contribution in [2.75, 3.05) is 6.61 Å². The Kier molecular flexibility index (Phi) is 6.63. The molecule has 0 radical (unpaired) electrons. The summed E-state index contributed by atoms with van der Waals surface area (Å²) in [4.78, 5) is 38.6. The molecule has 7 nitrogen and oxygen atoms in total. The number of aryl methyl sites for hydroxylation is 1. The molecular formula is C27H26N2O5. The fraction of sp³-hybridized carbons (Fsp3) is 0.222. The number of aromatic nitrogens is 1. The Morgan fingerprint density at radius 1 is 0.971 bits per heavy atom. The normalized spacial score (nSPS) is 12.0. The highest BCUT2D eigenvalue weighted by Gasteiger charge is 2.29. The summed E-state index contributed by atoms with van der Waals surface area (Å²) in [6, 6.07) is 19.4. The molecule has 0 aliphatic heterocycles. The Hall–Kier alpha value is -4.13. The first kappa shape index (κ1) is 23.0. The zero-order chi connectivity index (χ0) is 24.2. The molecule has 0 fully saturated rings. The molecule has 34 heavy (non-hydrogen) atoms. The van der Waals surface area contributed by atoms with Crippen molar-refractivity contribution in [3.8, 4) is 11.3 Å². The third-order valence-electron chi connectivity index (χ3n) is 5.73. The number of ketones is 1. The van der Waals surface area contributed by atoms with Gasteiger partial charge in [-0.3, -0.25) is 9.59 Å². The summed E-state index contributed by atoms with van der Waals surface area (Å²) in [6.07, 6.45) is 1.38. The van der Waals surface area contributed by atoms with E-state index in [4.69, 9.17) is 9.15 Å². The summed E-state index contributed by atoms with van der Waals surface area (Å²) < 4.78 is 12.5. The van der Waals surface area contributed by atoms with E-state index in [0.717, 1.165) is 22.2 Å². The minimum Gasteiger partial charge on any atom is -0.459 e. The van der Waals surface area contributed by atoms with Gasteiger partial charge in [-0.2, -0.15) is 0 Å². The second kappa shape index (κ2) is 9.79. The maximum absolute atomic E-state index is 13.4. The Morgan fingerprint density at radius 2 is 1.68 bits per heavy atom. The van der Waals surface area contributed by atoms with Crippen LogP contribution in [0.3, 0.4) is 0 Å². The van der Waals surface area contributed by atoms with Crippen molar-refractivity contribution in [3.63, 3.8) is 0 Å². The van der Waals surface area contributed by atoms with Crippen LogP contribution in [0.15, 0.2) is 77.4 Å². The lowest BCUT2D eigenvalue weighted by atomic mass is 10.0. The molecule has 0 saturated heterocycles. The molecule has 2 heterocycles. The molecule has 4 rings (SSSR count). The third-order valence-corrected chi connectivity index (χ3v) is 5.73. The van der Waals surface area contributed by atoms with Gasteiger partial charge in [-0.05, 0) is 29.7 Å². The van der Waals surface area contributed by atoms with Gasteiger partial charge in [-0.25, -0.2) is 4.79 Å². The molecule has 7 heteroatoms. The Balaban J connectivity index is 1.57. The van der Waals surface area contributed by atoms with E-state index >= 15 is 0 Å². The standard InChI is InChI=1S/C27H26N2O5/c1-17(2)24(28-26(31)22-14-9-15-33-22)27(32)34-16-21(30)23-19-12-7-8-13-20(19)29(3)25(23)18-10-5-4-6-11-18/h4-15,17,24H,16H2,1-3H3,(H,28,31). The number of nitrogens with zero attached hydrogens (tertiary/aromatic N) is 1. The smallest absolute Gasteiger partial charge is 0.329 e. The number of fused-ring (bicyclic) bond motifs is 1. The number of benzene rings is 2. The first-order valence-corrected chi connectivity index (χ1v) is 11.1. The first-order chi connectivity index (χ1) is 16.4. The molecule has 0 spiro atoms. The number of hydrogen-bond acceptors (Lipinski definition) is 5. The second-order valence-corrected chi connectivity index (χ2v) is 8.37. The minimum absolute atomic E-state index is 0.0952. The third kappa shape index (κ3) is 4.50. The van der Waals surface area contributed by atoms with E-state index in [9.17, 15) is 14.4 Å². The number of esters is 1. The average Bonchev–Trinajstić information content (AvgIpc) is 3.48. The maximum atomic E-state index is 13.4. The van der Waals surface area contributed by atoms with E-state index in [-0.39, 0.29) is 17.5 Å². The Bertz CT molecular complexity index is 1320. The van der Waals surface area contributed by atoms with Gasteiger partial charge in [0.1, 0.15) is 6.04 Å². The van der Waals surface area contributed by atoms with Gasteiger partial charge in [0.2, 0.25) is 5.78 Å². The fourth-order valence-electron chi connectivity index (χ4n) is 4.03. The van der Waals surface area contributed by atoms with Crippen molar-refractivity contribution in [2.45, 2.75) is 19.9 Å². The van der Waals surface area contributed by atoms with Crippen LogP contribution in [0.4, 0.5) is 0 Å². The van der Waals surface area contributed by atoms with Gasteiger partial charge in [0.15, 0.2) is 12.4 Å². The second-order valence-electron chi connectivity index (χ2n) is 8.37. The quantitative estimate of drug-likeness (QED) is 0.307. The maximum Gasteiger partial charge on any atom is 0.329 e. The summed E-state index contributed by atoms with van der Waals surface area (Å²) in [5.41, 5.74) is 3.05. The van der Waals surface area contributed by atoms with Crippen LogP contribution in [0, 0.1) is 5.92 Å². The molecule has 1 amide bonds. The molecular weight excluding hydrogens is 432 g/mol. The van der Waals surface area contributed by atoms with Crippen LogP contribution in [0.5, 0.6) is 0 Å². The molecule has 2 aromatic heterocycles. The number of nitrogens with one attached hydrogen (secondary N) is 1. The van der Waals surface area contributed by atoms with Crippen LogP contribution in [0.25, 0.3) is 22.2 Å². The number of carbonyl (C=O) groups is 3. The van der Waals surface area contributed by atoms with Gasteiger partial charge in [0.25, 0.3) is 5.91 Å². The highest BCUT2D eigenvalue weighted by molar-refractivity contribution is 6.14. The molecule has 1 atom stereocenters. The highest BCUT2D eigenvalue weighted by Crippen LogP contribution is 2.33. The van der Waals surface area contributed by atoms with Crippen molar-refractivity contribution < 1.29 is 23.5 Å². The van der Waals surface area contributed by atoms with Gasteiger partial charge < -0.3 is 19.0 Å². The number of furan rings is 1. The van der Waals surface area contributed by atoms with Gasteiger partial charge in [-0.1, -0.05) is 62.4 Å². The molecule has 0 bridgehead atoms. The molecule has 4 aromatic rings. The van der Waals surface area contributed by atoms with E-state index in [0.29, 0.717) is 5.56 Å². The van der Waals surface area contributed by atoms with Gasteiger partial charge in [0, 0.05) is 18.0 Å². The number of para-hydroxylation sites is 1. The SMILES string of the molecule is CC(C)C(NC(=O)c1ccco1)C(=O)OCC(=O)c1c(-c2ccccc2)n(C)c2ccccc12. The molecule has 2 aromatic carbocycles. The number of hydrogen-bond donors (Lipinski definition) is 1. The number of ether oxygens (including phenoxy) is 1. The van der Waals surface area contributed by atoms with Crippen LogP contribution in [-0.4, -0.2) is 34.9 Å². The van der Waals surface area contributed by atoms with Gasteiger partial charge in [-0.15, -0.1) is 0 Å². The molecule has 1 N–H and O–H groups in total. The van der Waals surface area contributed by atoms with Crippen LogP contribution in [-0.2, 0) is 16.6 Å². The zero-order valence-electron chi connectivity index (χ0n) is 19.3. The Morgan fingerprint density at radius 3 is 2.35 bits per heavy atom. The average molecular weight is 459 g/mol. The van der Waals surface area contributed by atoms with Crippen LogP contribution in [0.2, 0.25) is 0 Å². The number of rotatable bonds is 8. The molecule has 0 saturated carbocycles. The van der Waals surface area contributed by atoms with E-state index in [1.807, 2.05) is 66.2 Å². The van der Waals surface area contributed by atoms with Crippen LogP contribution in [0.1, 0.15) is 34.8 Å². The van der Waals surface area contributed by atoms with E-state index in [2.05, 4.69) is 5.32 Å². The van der Waals surface area contributed by atoms with Crippen molar-refractivity contribution in [1.29, 1.82) is 0 Å². The van der Waals surface area contributed by atoms with Crippen LogP contribution >= 0.6 is 0 Å². The molecule has 1 unspecified atom stereocenters. The monoisotopic (exact) mass is 458 g/mol. The lowest BCUT2D eigenvalue weighted by molar-refractivity contribution is -0.145. The summed E-state index contributed by atoms with van der Waals surface area (Å²) in [5, 5.41) is 3.42. The van der Waals surface area contributed by atoms with Crippen molar-refractivity contribution in [2.24, 2.45) is 13.0 Å². The van der Waals surface area contributed by atoms with E-state index in [1.54, 1.807) is 19.9 Å². The molecule has 174 valence electrons. The van der Waals surface area contributed by atoms with E-state index < -0.39 is 24.5 Å². The minimum atomic E-state index is -0.925. The summed E-state index contributed by atoms with van der Waals surface area (Å²) in [6.45, 7) is 3.13. The number of Topliss-reactive ketones (excluding diaryl/α,β-unsaturated/α-hetero) is 1. The van der Waals surface area contributed by atoms with Gasteiger partial charge >= 0.3 is 5.97 Å². The molecule has 0 aliphatic rings. The Labute approximate surface area is 197 Å².